The maximum Gasteiger partial charge on any atom is 0.337 e. The van der Waals surface area contributed by atoms with Gasteiger partial charge < -0.3 is 9.84 Å². The normalized spacial score (nSPS) is 9.31. The van der Waals surface area contributed by atoms with Crippen LogP contribution < -0.4 is 4.74 Å². The number of ether oxygens (including phenoxy) is 1. The van der Waals surface area contributed by atoms with Gasteiger partial charge in [-0.05, 0) is 12.1 Å². The predicted octanol–water partition coefficient (Wildman–Crippen LogP) is 0.397. The molecule has 1 N–H and O–H groups in total. The summed E-state index contributed by atoms with van der Waals surface area (Å²) >= 11 is 0. The molecule has 4 heteroatoms. The van der Waals surface area contributed by atoms with Crippen molar-refractivity contribution in [2.45, 2.75) is 0 Å². The number of rotatable bonds is 3. The van der Waals surface area contributed by atoms with Crippen LogP contribution in [0.2, 0.25) is 0 Å². The number of aldehydes is 1. The highest BCUT2D eigenvalue weighted by Gasteiger charge is 2.02. The zero-order valence-corrected chi connectivity index (χ0v) is 6.77. The summed E-state index contributed by atoms with van der Waals surface area (Å²) in [5, 5.41) is 8.38. The number of aliphatic hydroxyl groups excluding tert-OH is 1. The third-order valence-electron chi connectivity index (χ3n) is 1.35. The fourth-order valence-corrected chi connectivity index (χ4v) is 0.815. The van der Waals surface area contributed by atoms with Gasteiger partial charge >= 0.3 is 5.97 Å². The first-order chi connectivity index (χ1) is 6.26. The molecular formula is C9H8O4. The van der Waals surface area contributed by atoms with Crippen molar-refractivity contribution in [2.75, 3.05) is 6.61 Å². The number of benzene rings is 1. The van der Waals surface area contributed by atoms with Crippen LogP contribution in [0.25, 0.3) is 0 Å². The van der Waals surface area contributed by atoms with Crippen LogP contribution >= 0.6 is 0 Å². The van der Waals surface area contributed by atoms with Gasteiger partial charge in [0.05, 0.1) is 0 Å². The van der Waals surface area contributed by atoms with Crippen LogP contribution in [0.15, 0.2) is 24.3 Å². The minimum absolute atomic E-state index is 0.253. The van der Waals surface area contributed by atoms with Crippen LogP contribution in [0, 0.1) is 0 Å². The lowest BCUT2D eigenvalue weighted by atomic mass is 10.2. The second kappa shape index (κ2) is 4.37. The van der Waals surface area contributed by atoms with Crippen LogP contribution in [0.5, 0.6) is 5.75 Å². The van der Waals surface area contributed by atoms with E-state index in [-0.39, 0.29) is 5.75 Å². The lowest BCUT2D eigenvalue weighted by Crippen LogP contribution is -2.12. The van der Waals surface area contributed by atoms with Gasteiger partial charge in [0.2, 0.25) is 0 Å². The lowest BCUT2D eigenvalue weighted by molar-refractivity contribution is -0.137. The van der Waals surface area contributed by atoms with E-state index in [1.165, 1.54) is 12.1 Å². The van der Waals surface area contributed by atoms with Gasteiger partial charge in [0, 0.05) is 5.56 Å². The first-order valence-electron chi connectivity index (χ1n) is 3.63. The molecule has 1 rings (SSSR count). The van der Waals surface area contributed by atoms with Crippen LogP contribution in [0.3, 0.4) is 0 Å². The average molecular weight is 180 g/mol. The highest BCUT2D eigenvalue weighted by atomic mass is 16.5. The molecule has 0 atom stereocenters. The minimum Gasteiger partial charge on any atom is -0.425 e. The van der Waals surface area contributed by atoms with Crippen molar-refractivity contribution in [1.29, 1.82) is 0 Å². The van der Waals surface area contributed by atoms with Crippen LogP contribution in [0.1, 0.15) is 10.4 Å². The van der Waals surface area contributed by atoms with E-state index in [0.717, 1.165) is 0 Å². The Morgan fingerprint density at radius 1 is 1.54 bits per heavy atom. The second-order valence-corrected chi connectivity index (χ2v) is 2.32. The van der Waals surface area contributed by atoms with Gasteiger partial charge in [-0.2, -0.15) is 0 Å². The maximum absolute atomic E-state index is 10.6. The standard InChI is InChI=1S/C9H8O4/c10-5-7-2-1-3-8(4-7)13-9(12)6-11/h1-5,11H,6H2. The van der Waals surface area contributed by atoms with Gasteiger partial charge in [-0.3, -0.25) is 4.79 Å². The van der Waals surface area contributed by atoms with Crippen molar-refractivity contribution in [3.8, 4) is 5.75 Å². The Labute approximate surface area is 74.8 Å². The van der Waals surface area contributed by atoms with Gasteiger partial charge in [0.25, 0.3) is 0 Å². The highest BCUT2D eigenvalue weighted by Crippen LogP contribution is 2.11. The van der Waals surface area contributed by atoms with Crippen LogP contribution in [0.4, 0.5) is 0 Å². The van der Waals surface area contributed by atoms with E-state index in [2.05, 4.69) is 4.74 Å². The van der Waals surface area contributed by atoms with E-state index in [4.69, 9.17) is 5.11 Å². The number of carbonyl (C=O) groups is 2. The first-order valence-corrected chi connectivity index (χ1v) is 3.63. The summed E-state index contributed by atoms with van der Waals surface area (Å²) in [6, 6.07) is 6.12. The van der Waals surface area contributed by atoms with Gasteiger partial charge in [-0.1, -0.05) is 12.1 Å². The van der Waals surface area contributed by atoms with E-state index >= 15 is 0 Å². The molecule has 0 aromatic heterocycles. The molecule has 0 bridgehead atoms. The molecule has 1 aromatic rings. The molecular weight excluding hydrogens is 172 g/mol. The molecule has 0 aliphatic rings. The van der Waals surface area contributed by atoms with Crippen molar-refractivity contribution < 1.29 is 19.4 Å². The van der Waals surface area contributed by atoms with Crippen molar-refractivity contribution in [1.82, 2.24) is 0 Å². The fraction of sp³-hybridized carbons (Fsp3) is 0.111. The molecule has 0 saturated heterocycles. The molecule has 4 nitrogen and oxygen atoms in total. The Hall–Kier alpha value is -1.68. The summed E-state index contributed by atoms with van der Waals surface area (Å²) in [5.41, 5.74) is 0.420. The van der Waals surface area contributed by atoms with Gasteiger partial charge in [0.1, 0.15) is 18.6 Å². The van der Waals surface area contributed by atoms with E-state index in [0.29, 0.717) is 11.8 Å². The Kier molecular flexibility index (Phi) is 3.16. The summed E-state index contributed by atoms with van der Waals surface area (Å²) in [7, 11) is 0. The van der Waals surface area contributed by atoms with Gasteiger partial charge in [-0.25, -0.2) is 4.79 Å². The van der Waals surface area contributed by atoms with E-state index in [1.807, 2.05) is 0 Å². The first kappa shape index (κ1) is 9.41. The smallest absolute Gasteiger partial charge is 0.337 e. The molecule has 1 aromatic carbocycles. The molecule has 0 spiro atoms. The molecule has 13 heavy (non-hydrogen) atoms. The topological polar surface area (TPSA) is 63.6 Å². The lowest BCUT2D eigenvalue weighted by Gasteiger charge is -2.01. The quantitative estimate of drug-likeness (QED) is 0.415. The van der Waals surface area contributed by atoms with Crippen molar-refractivity contribution in [3.05, 3.63) is 29.8 Å². The molecule has 0 aliphatic carbocycles. The minimum atomic E-state index is -0.747. The van der Waals surface area contributed by atoms with E-state index in [9.17, 15) is 9.59 Å². The molecule has 0 saturated carbocycles. The number of hydrogen-bond donors (Lipinski definition) is 1. The van der Waals surface area contributed by atoms with E-state index < -0.39 is 12.6 Å². The summed E-state index contributed by atoms with van der Waals surface area (Å²) in [6.45, 7) is -0.675. The molecule has 0 unspecified atom stereocenters. The monoisotopic (exact) mass is 180 g/mol. The summed E-state index contributed by atoms with van der Waals surface area (Å²) < 4.78 is 4.66. The van der Waals surface area contributed by atoms with Crippen molar-refractivity contribution >= 4 is 12.3 Å². The Bertz CT molecular complexity index is 319. The molecule has 0 heterocycles. The average Bonchev–Trinajstić information content (AvgIpc) is 2.18. The third-order valence-corrected chi connectivity index (χ3v) is 1.35. The predicted molar refractivity (Wildman–Crippen MR) is 44.6 cm³/mol. The van der Waals surface area contributed by atoms with E-state index in [1.54, 1.807) is 12.1 Å². The van der Waals surface area contributed by atoms with Gasteiger partial charge in [-0.15, -0.1) is 0 Å². The van der Waals surface area contributed by atoms with Gasteiger partial charge in [0.15, 0.2) is 0 Å². The molecule has 0 radical (unpaired) electrons. The number of hydrogen-bond acceptors (Lipinski definition) is 4. The van der Waals surface area contributed by atoms with Crippen molar-refractivity contribution in [3.63, 3.8) is 0 Å². The fourth-order valence-electron chi connectivity index (χ4n) is 0.815. The Morgan fingerprint density at radius 2 is 2.31 bits per heavy atom. The van der Waals surface area contributed by atoms with Crippen LogP contribution in [-0.2, 0) is 4.79 Å². The number of esters is 1. The molecule has 0 aliphatic heterocycles. The molecule has 0 fully saturated rings. The summed E-state index contributed by atoms with van der Waals surface area (Å²) in [6.07, 6.45) is 0.649. The zero-order chi connectivity index (χ0) is 9.68. The largest absolute Gasteiger partial charge is 0.425 e. The number of aliphatic hydroxyl groups is 1. The van der Waals surface area contributed by atoms with Crippen molar-refractivity contribution in [2.24, 2.45) is 0 Å². The summed E-state index contributed by atoms with van der Waals surface area (Å²) in [5.74, 6) is -0.494. The SMILES string of the molecule is O=Cc1cccc(OC(=O)CO)c1. The number of carbonyl (C=O) groups excluding carboxylic acids is 2. The molecule has 68 valence electrons. The second-order valence-electron chi connectivity index (χ2n) is 2.32. The third kappa shape index (κ3) is 2.68. The molecule has 0 amide bonds. The Balaban J connectivity index is 2.77. The zero-order valence-electron chi connectivity index (χ0n) is 6.77. The highest BCUT2D eigenvalue weighted by molar-refractivity contribution is 5.77. The maximum atomic E-state index is 10.6. The summed E-state index contributed by atoms with van der Waals surface area (Å²) in [4.78, 5) is 20.9. The van der Waals surface area contributed by atoms with Crippen LogP contribution in [-0.4, -0.2) is 24.0 Å². The Morgan fingerprint density at radius 3 is 2.92 bits per heavy atom.